The van der Waals surface area contributed by atoms with Crippen molar-refractivity contribution in [3.8, 4) is 57.4 Å². The van der Waals surface area contributed by atoms with Crippen molar-refractivity contribution in [3.05, 3.63) is 128 Å². The Labute approximate surface area is 323 Å². The van der Waals surface area contributed by atoms with Crippen molar-refractivity contribution in [2.45, 2.75) is 77.6 Å². The van der Waals surface area contributed by atoms with Crippen molar-refractivity contribution in [1.82, 2.24) is 0 Å². The van der Waals surface area contributed by atoms with E-state index >= 15 is 0 Å². The molecule has 4 aliphatic rings. The number of hydrogen-bond acceptors (Lipinski definition) is 6. The second-order valence-electron chi connectivity index (χ2n) is 15.0. The van der Waals surface area contributed by atoms with Crippen LogP contribution >= 0.6 is 0 Å². The van der Waals surface area contributed by atoms with Gasteiger partial charge in [0.2, 0.25) is 0 Å². The number of hydrogen-bond donors (Lipinski definition) is 1. The van der Waals surface area contributed by atoms with Gasteiger partial charge in [-0.3, -0.25) is 0 Å². The Kier molecular flexibility index (Phi) is 10.2. The molecule has 0 unspecified atom stereocenters. The average Bonchev–Trinajstić information content (AvgIpc) is 3.17. The maximum Gasteiger partial charge on any atom is 0.338 e. The average molecular weight is 729 g/mol. The van der Waals surface area contributed by atoms with Crippen molar-refractivity contribution in [2.75, 3.05) is 19.8 Å². The molecule has 1 N–H and O–H groups in total. The molecule has 276 valence electrons. The summed E-state index contributed by atoms with van der Waals surface area (Å²) >= 11 is 0. The molecule has 0 bridgehead atoms. The molecule has 4 aromatic carbocycles. The number of rotatable bonds is 10. The summed E-state index contributed by atoms with van der Waals surface area (Å²) in [5, 5.41) is 10.1. The molecule has 55 heavy (non-hydrogen) atoms. The Balaban J connectivity index is 0.818. The number of ether oxygens (including phenoxy) is 3. The van der Waals surface area contributed by atoms with Crippen LogP contribution in [0.25, 0.3) is 22.3 Å². The number of aryl methyl sites for hydroxylation is 8. The summed E-state index contributed by atoms with van der Waals surface area (Å²) in [5.41, 5.74) is 18.3. The Morgan fingerprint density at radius 3 is 1.47 bits per heavy atom. The Morgan fingerprint density at radius 1 is 0.600 bits per heavy atom. The lowest BCUT2D eigenvalue weighted by atomic mass is 9.75. The number of carbonyl (C=O) groups is 2. The quantitative estimate of drug-likeness (QED) is 0.0582. The van der Waals surface area contributed by atoms with Crippen LogP contribution in [0.1, 0.15) is 81.8 Å². The van der Waals surface area contributed by atoms with Gasteiger partial charge in [-0.25, -0.2) is 9.59 Å². The topological polar surface area (TPSA) is 82.1 Å². The molecule has 4 aromatic rings. The predicted octanol–water partition coefficient (Wildman–Crippen LogP) is 8.29. The fraction of sp³-hybridized carbons (Fsp3) is 0.306. The van der Waals surface area contributed by atoms with Crippen LogP contribution in [-0.2, 0) is 70.4 Å². The normalized spacial score (nSPS) is 13.5. The van der Waals surface area contributed by atoms with Gasteiger partial charge < -0.3 is 19.3 Å². The minimum absolute atomic E-state index is 0.251. The highest BCUT2D eigenvalue weighted by Crippen LogP contribution is 2.46. The first-order chi connectivity index (χ1) is 26.7. The smallest absolute Gasteiger partial charge is 0.338 e. The summed E-state index contributed by atoms with van der Waals surface area (Å²) in [6, 6.07) is 16.7. The van der Waals surface area contributed by atoms with Crippen molar-refractivity contribution in [1.29, 1.82) is 0 Å². The van der Waals surface area contributed by atoms with E-state index in [-0.39, 0.29) is 12.6 Å². The molecule has 0 amide bonds. The molecule has 8 rings (SSSR count). The first-order valence-electron chi connectivity index (χ1n) is 19.3. The third-order valence-electron chi connectivity index (χ3n) is 11.0. The molecule has 0 fully saturated rings. The molecule has 6 heteroatoms. The first kappa shape index (κ1) is 36.2. The maximum atomic E-state index is 13.0. The summed E-state index contributed by atoms with van der Waals surface area (Å²) in [6.45, 7) is 10.3. The van der Waals surface area contributed by atoms with Gasteiger partial charge >= 0.3 is 11.9 Å². The van der Waals surface area contributed by atoms with Gasteiger partial charge in [0.1, 0.15) is 18.1 Å². The van der Waals surface area contributed by atoms with E-state index in [0.29, 0.717) is 55.1 Å². The highest BCUT2D eigenvalue weighted by atomic mass is 16.5. The number of benzene rings is 4. The molecule has 4 aliphatic carbocycles. The fourth-order valence-corrected chi connectivity index (χ4v) is 8.51. The minimum Gasteiger partial charge on any atom is -0.508 e. The fourth-order valence-electron chi connectivity index (χ4n) is 8.51. The molecular weight excluding hydrogens is 685 g/mol. The highest BCUT2D eigenvalue weighted by Gasteiger charge is 2.28. The van der Waals surface area contributed by atoms with Gasteiger partial charge in [0.05, 0.1) is 13.2 Å². The lowest BCUT2D eigenvalue weighted by Gasteiger charge is -2.30. The maximum absolute atomic E-state index is 13.0. The highest BCUT2D eigenvalue weighted by molar-refractivity contribution is 5.90. The van der Waals surface area contributed by atoms with Crippen LogP contribution in [0.2, 0.25) is 0 Å². The number of aromatic hydroxyl groups is 1. The Morgan fingerprint density at radius 2 is 1.02 bits per heavy atom. The van der Waals surface area contributed by atoms with Gasteiger partial charge in [-0.15, -0.1) is 0 Å². The first-order valence-corrected chi connectivity index (χ1v) is 19.3. The van der Waals surface area contributed by atoms with Crippen LogP contribution in [0.3, 0.4) is 0 Å². The number of carbonyl (C=O) groups excluding carboxylic acids is 2. The molecule has 0 radical (unpaired) electrons. The van der Waals surface area contributed by atoms with E-state index in [2.05, 4.69) is 61.1 Å². The lowest BCUT2D eigenvalue weighted by Crippen LogP contribution is -2.16. The number of phenolic OH excluding ortho intramolecular Hbond substituents is 1. The van der Waals surface area contributed by atoms with Crippen LogP contribution in [-0.4, -0.2) is 36.9 Å². The van der Waals surface area contributed by atoms with Crippen molar-refractivity contribution in [2.24, 2.45) is 0 Å². The molecule has 0 saturated heterocycles. The molecule has 6 nitrogen and oxygen atoms in total. The standard InChI is InChI=1S/C49H44O6/c1-30(2)48(51)54-20-7-5-9-33-24-36-12-16-40-28-43(29-41-17-13-37(25-33)45(36)47(40)41)55-49(52)31(3)18-21-53-19-6-4-8-32-22-34-10-14-38-26-42(50)27-39-15-11-35(23-32)44(34)46(38)39/h22-29,50H,1,3,6-7,10-21H2,2H3. The van der Waals surface area contributed by atoms with E-state index in [1.54, 1.807) is 6.92 Å². The molecule has 0 spiro atoms. The van der Waals surface area contributed by atoms with Gasteiger partial charge in [0.15, 0.2) is 0 Å². The van der Waals surface area contributed by atoms with Crippen LogP contribution in [0.4, 0.5) is 0 Å². The zero-order chi connectivity index (χ0) is 38.1. The zero-order valence-corrected chi connectivity index (χ0v) is 31.4. The van der Waals surface area contributed by atoms with E-state index in [1.165, 1.54) is 66.8 Å². The van der Waals surface area contributed by atoms with Crippen LogP contribution < -0.4 is 4.74 Å². The molecule has 0 saturated carbocycles. The third kappa shape index (κ3) is 7.61. The van der Waals surface area contributed by atoms with Gasteiger partial charge in [-0.05, 0) is 174 Å². The summed E-state index contributed by atoms with van der Waals surface area (Å²) in [6.07, 6.45) is 8.78. The summed E-state index contributed by atoms with van der Waals surface area (Å²) < 4.78 is 16.8. The minimum atomic E-state index is -0.427. The van der Waals surface area contributed by atoms with Gasteiger partial charge in [-0.1, -0.05) is 36.8 Å². The van der Waals surface area contributed by atoms with Gasteiger partial charge in [0.25, 0.3) is 0 Å². The molecule has 0 aliphatic heterocycles. The molecule has 0 atom stereocenters. The summed E-state index contributed by atoms with van der Waals surface area (Å²) in [5.74, 6) is 13.1. The van der Waals surface area contributed by atoms with E-state index in [0.717, 1.165) is 62.5 Å². The van der Waals surface area contributed by atoms with Crippen molar-refractivity contribution < 1.29 is 28.9 Å². The SMILES string of the molecule is C=C(C)C(=O)OCCC#Cc1cc2c3c(c1)CCc1cc(OC(=O)C(=C)CCOCCC#Cc4cc5c6c(c4)CCc4cc(O)cc(c4-6)CC5)cc(c1-3)CC2. The van der Waals surface area contributed by atoms with Crippen LogP contribution in [0.5, 0.6) is 11.5 Å². The van der Waals surface area contributed by atoms with Crippen LogP contribution in [0, 0.1) is 23.7 Å². The second kappa shape index (κ2) is 15.5. The van der Waals surface area contributed by atoms with Crippen LogP contribution in [0.15, 0.2) is 72.8 Å². The summed E-state index contributed by atoms with van der Waals surface area (Å²) in [4.78, 5) is 24.6. The van der Waals surface area contributed by atoms with E-state index < -0.39 is 5.97 Å². The zero-order valence-electron chi connectivity index (χ0n) is 31.4. The number of phenols is 1. The van der Waals surface area contributed by atoms with E-state index in [9.17, 15) is 14.7 Å². The van der Waals surface area contributed by atoms with Gasteiger partial charge in [0, 0.05) is 41.5 Å². The molecule has 0 aromatic heterocycles. The largest absolute Gasteiger partial charge is 0.508 e. The molecule has 0 heterocycles. The molecular formula is C49H44O6. The lowest BCUT2D eigenvalue weighted by molar-refractivity contribution is -0.138. The second-order valence-corrected chi connectivity index (χ2v) is 15.0. The van der Waals surface area contributed by atoms with Crippen molar-refractivity contribution in [3.63, 3.8) is 0 Å². The van der Waals surface area contributed by atoms with E-state index in [4.69, 9.17) is 14.2 Å². The summed E-state index contributed by atoms with van der Waals surface area (Å²) in [7, 11) is 0. The predicted molar refractivity (Wildman–Crippen MR) is 214 cm³/mol. The van der Waals surface area contributed by atoms with Gasteiger partial charge in [-0.2, -0.15) is 0 Å². The Bertz CT molecular complexity index is 2320. The Hall–Kier alpha value is -5.82. The number of esters is 2. The van der Waals surface area contributed by atoms with E-state index in [1.807, 2.05) is 24.3 Å². The third-order valence-corrected chi connectivity index (χ3v) is 11.0. The monoisotopic (exact) mass is 728 g/mol. The van der Waals surface area contributed by atoms with Crippen molar-refractivity contribution >= 4 is 11.9 Å².